The van der Waals surface area contributed by atoms with Gasteiger partial charge in [0, 0.05) is 18.7 Å². The maximum Gasteiger partial charge on any atom is 0.264 e. The Bertz CT molecular complexity index is 515. The second-order valence-electron chi connectivity index (χ2n) is 3.96. The molecule has 0 bridgehead atoms. The number of hydrogen-bond acceptors (Lipinski definition) is 5. The van der Waals surface area contributed by atoms with Gasteiger partial charge in [-0.2, -0.15) is 5.10 Å². The maximum absolute atomic E-state index is 11.6. The lowest BCUT2D eigenvalue weighted by Gasteiger charge is -2.06. The summed E-state index contributed by atoms with van der Waals surface area (Å²) in [6, 6.07) is 3.02. The van der Waals surface area contributed by atoms with Crippen LogP contribution in [0.2, 0.25) is 0 Å². The fraction of sp³-hybridized carbons (Fsp3) is 0.556. The Morgan fingerprint density at radius 1 is 1.41 bits per heavy atom. The van der Waals surface area contributed by atoms with Crippen LogP contribution in [0.5, 0.6) is 0 Å². The van der Waals surface area contributed by atoms with Crippen molar-refractivity contribution in [3.8, 4) is 0 Å². The lowest BCUT2D eigenvalue weighted by atomic mass is 10.5. The van der Waals surface area contributed by atoms with Gasteiger partial charge in [-0.05, 0) is 18.9 Å². The average Bonchev–Trinajstić information content (AvgIpc) is 3.05. The Labute approximate surface area is 98.7 Å². The number of aromatic nitrogens is 2. The molecule has 1 saturated carbocycles. The molecule has 1 aliphatic rings. The van der Waals surface area contributed by atoms with E-state index in [1.807, 2.05) is 0 Å². The minimum atomic E-state index is -3.41. The number of anilines is 1. The van der Waals surface area contributed by atoms with Gasteiger partial charge in [0.15, 0.2) is 5.82 Å². The van der Waals surface area contributed by atoms with Crippen LogP contribution in [0.25, 0.3) is 0 Å². The molecule has 0 atom stereocenters. The number of nitrogens with zero attached hydrogens (tertiary/aromatic N) is 1. The van der Waals surface area contributed by atoms with Gasteiger partial charge in [0.1, 0.15) is 0 Å². The number of hydrogen-bond donors (Lipinski definition) is 3. The third-order valence-corrected chi connectivity index (χ3v) is 3.58. The molecule has 0 unspecified atom stereocenters. The van der Waals surface area contributed by atoms with Crippen molar-refractivity contribution >= 4 is 15.8 Å². The first-order valence-corrected chi connectivity index (χ1v) is 7.00. The summed E-state index contributed by atoms with van der Waals surface area (Å²) in [6.45, 7) is 0.420. The molecule has 1 aromatic heterocycles. The molecule has 0 amide bonds. The third-order valence-electron chi connectivity index (χ3n) is 2.32. The second kappa shape index (κ2) is 4.84. The quantitative estimate of drug-likeness (QED) is 0.623. The van der Waals surface area contributed by atoms with E-state index in [1.54, 1.807) is 0 Å². The molecular weight excluding hydrogens is 244 g/mol. The first kappa shape index (κ1) is 12.1. The van der Waals surface area contributed by atoms with Gasteiger partial charge < -0.3 is 5.32 Å². The number of aromatic amines is 1. The predicted molar refractivity (Wildman–Crippen MR) is 63.3 cm³/mol. The SMILES string of the molecule is O=c1ccc(NS(=O)(=O)CCNC2CC2)n[nH]1. The van der Waals surface area contributed by atoms with E-state index in [-0.39, 0.29) is 17.1 Å². The molecule has 7 nitrogen and oxygen atoms in total. The van der Waals surface area contributed by atoms with Crippen molar-refractivity contribution in [2.45, 2.75) is 18.9 Å². The monoisotopic (exact) mass is 258 g/mol. The summed E-state index contributed by atoms with van der Waals surface area (Å²) >= 11 is 0. The Morgan fingerprint density at radius 2 is 2.18 bits per heavy atom. The van der Waals surface area contributed by atoms with E-state index in [0.717, 1.165) is 12.8 Å². The van der Waals surface area contributed by atoms with Crippen molar-refractivity contribution in [3.05, 3.63) is 22.5 Å². The first-order chi connectivity index (χ1) is 8.05. The molecule has 0 aromatic carbocycles. The molecule has 94 valence electrons. The summed E-state index contributed by atoms with van der Waals surface area (Å²) in [5.41, 5.74) is -0.372. The summed E-state index contributed by atoms with van der Waals surface area (Å²) in [5, 5.41) is 8.84. The molecule has 1 aromatic rings. The fourth-order valence-electron chi connectivity index (χ4n) is 1.30. The van der Waals surface area contributed by atoms with Crippen LogP contribution in [-0.4, -0.2) is 37.0 Å². The largest absolute Gasteiger partial charge is 0.313 e. The molecule has 1 heterocycles. The van der Waals surface area contributed by atoms with Gasteiger partial charge in [0.25, 0.3) is 5.56 Å². The second-order valence-corrected chi connectivity index (χ2v) is 5.80. The van der Waals surface area contributed by atoms with E-state index >= 15 is 0 Å². The molecule has 1 fully saturated rings. The summed E-state index contributed by atoms with van der Waals surface area (Å²) in [6.07, 6.45) is 2.24. The fourth-order valence-corrected chi connectivity index (χ4v) is 2.22. The normalized spacial score (nSPS) is 15.8. The minimum Gasteiger partial charge on any atom is -0.313 e. The highest BCUT2D eigenvalue weighted by atomic mass is 32.2. The molecule has 17 heavy (non-hydrogen) atoms. The van der Waals surface area contributed by atoms with Gasteiger partial charge in [0.05, 0.1) is 5.75 Å². The van der Waals surface area contributed by atoms with Gasteiger partial charge in [-0.15, -0.1) is 0 Å². The van der Waals surface area contributed by atoms with Crippen molar-refractivity contribution in [1.82, 2.24) is 15.5 Å². The molecule has 0 aliphatic heterocycles. The summed E-state index contributed by atoms with van der Waals surface area (Å²) in [7, 11) is -3.41. The number of sulfonamides is 1. The van der Waals surface area contributed by atoms with Gasteiger partial charge >= 0.3 is 0 Å². The lowest BCUT2D eigenvalue weighted by molar-refractivity contribution is 0.595. The Balaban J connectivity index is 1.86. The van der Waals surface area contributed by atoms with Gasteiger partial charge in [-0.1, -0.05) is 0 Å². The van der Waals surface area contributed by atoms with Crippen LogP contribution in [0.1, 0.15) is 12.8 Å². The molecule has 0 radical (unpaired) electrons. The third kappa shape index (κ3) is 4.16. The Hall–Kier alpha value is -1.41. The average molecular weight is 258 g/mol. The number of nitrogens with one attached hydrogen (secondary N) is 3. The van der Waals surface area contributed by atoms with Crippen LogP contribution in [0.15, 0.2) is 16.9 Å². The highest BCUT2D eigenvalue weighted by Crippen LogP contribution is 2.18. The van der Waals surface area contributed by atoms with Crippen LogP contribution in [0.4, 0.5) is 5.82 Å². The Morgan fingerprint density at radius 3 is 2.76 bits per heavy atom. The highest BCUT2D eigenvalue weighted by molar-refractivity contribution is 7.92. The van der Waals surface area contributed by atoms with E-state index in [1.165, 1.54) is 12.1 Å². The van der Waals surface area contributed by atoms with Crippen molar-refractivity contribution in [2.24, 2.45) is 0 Å². The van der Waals surface area contributed by atoms with E-state index in [0.29, 0.717) is 12.6 Å². The Kier molecular flexibility index (Phi) is 3.43. The van der Waals surface area contributed by atoms with Crippen LogP contribution in [0, 0.1) is 0 Å². The van der Waals surface area contributed by atoms with Crippen LogP contribution in [0.3, 0.4) is 0 Å². The van der Waals surface area contributed by atoms with E-state index in [9.17, 15) is 13.2 Å². The smallest absolute Gasteiger partial charge is 0.264 e. The van der Waals surface area contributed by atoms with E-state index < -0.39 is 10.0 Å². The molecule has 0 saturated heterocycles. The molecule has 2 rings (SSSR count). The molecule has 3 N–H and O–H groups in total. The van der Waals surface area contributed by atoms with E-state index in [4.69, 9.17) is 0 Å². The van der Waals surface area contributed by atoms with Gasteiger partial charge in [0.2, 0.25) is 10.0 Å². The van der Waals surface area contributed by atoms with Crippen LogP contribution < -0.4 is 15.6 Å². The van der Waals surface area contributed by atoms with Crippen molar-refractivity contribution in [1.29, 1.82) is 0 Å². The molecule has 8 heteroatoms. The summed E-state index contributed by atoms with van der Waals surface area (Å²) < 4.78 is 25.5. The highest BCUT2D eigenvalue weighted by Gasteiger charge is 2.21. The van der Waals surface area contributed by atoms with Crippen LogP contribution in [-0.2, 0) is 10.0 Å². The number of H-pyrrole nitrogens is 1. The zero-order valence-electron chi connectivity index (χ0n) is 9.14. The number of rotatable bonds is 6. The zero-order valence-corrected chi connectivity index (χ0v) is 9.96. The van der Waals surface area contributed by atoms with Crippen LogP contribution >= 0.6 is 0 Å². The van der Waals surface area contributed by atoms with Gasteiger partial charge in [-0.25, -0.2) is 13.5 Å². The standard InChI is InChI=1S/C9H14N4O3S/c14-9-4-3-8(11-12-9)13-17(15,16)6-5-10-7-1-2-7/h3-4,7,10H,1-2,5-6H2,(H,11,13)(H,12,14). The molecular formula is C9H14N4O3S. The zero-order chi connectivity index (χ0) is 12.3. The van der Waals surface area contributed by atoms with Gasteiger partial charge in [-0.3, -0.25) is 9.52 Å². The summed E-state index contributed by atoms with van der Waals surface area (Å²) in [4.78, 5) is 10.7. The van der Waals surface area contributed by atoms with Crippen molar-refractivity contribution in [3.63, 3.8) is 0 Å². The molecule has 0 spiro atoms. The molecule has 1 aliphatic carbocycles. The predicted octanol–water partition coefficient (Wildman–Crippen LogP) is -0.736. The van der Waals surface area contributed by atoms with Crippen molar-refractivity contribution in [2.75, 3.05) is 17.0 Å². The lowest BCUT2D eigenvalue weighted by Crippen LogP contribution is -2.28. The van der Waals surface area contributed by atoms with E-state index in [2.05, 4.69) is 20.2 Å². The van der Waals surface area contributed by atoms with Crippen molar-refractivity contribution < 1.29 is 8.42 Å². The minimum absolute atomic E-state index is 0.00962. The first-order valence-electron chi connectivity index (χ1n) is 5.35. The maximum atomic E-state index is 11.6. The topological polar surface area (TPSA) is 104 Å². The summed E-state index contributed by atoms with van der Waals surface area (Å²) in [5.74, 6) is 0.112.